The van der Waals surface area contributed by atoms with E-state index in [1.54, 1.807) is 0 Å². The molecule has 9 nitrogen and oxygen atoms in total. The van der Waals surface area contributed by atoms with Gasteiger partial charge in [-0.2, -0.15) is 0 Å². The van der Waals surface area contributed by atoms with E-state index < -0.39 is 26.5 Å². The van der Waals surface area contributed by atoms with Crippen LogP contribution in [0.2, 0.25) is 0 Å². The summed E-state index contributed by atoms with van der Waals surface area (Å²) in [5, 5.41) is 0. The smallest absolute Gasteiger partial charge is 0.462 e. The van der Waals surface area contributed by atoms with E-state index in [0.717, 1.165) is 83.5 Å². The van der Waals surface area contributed by atoms with Crippen molar-refractivity contribution in [3.05, 3.63) is 85.1 Å². The second-order valence-corrected chi connectivity index (χ2v) is 21.3. The number of phosphoric acid groups is 1. The number of nitrogens with two attached hydrogens (primary N) is 1. The molecule has 0 rings (SSSR count). The summed E-state index contributed by atoms with van der Waals surface area (Å²) in [5.41, 5.74) is 5.38. The Kier molecular flexibility index (Phi) is 56.2. The van der Waals surface area contributed by atoms with Gasteiger partial charge in [-0.1, -0.05) is 253 Å². The number of hydrogen-bond donors (Lipinski definition) is 2. The van der Waals surface area contributed by atoms with Crippen LogP contribution < -0.4 is 5.73 Å². The highest BCUT2D eigenvalue weighted by atomic mass is 31.2. The maximum Gasteiger partial charge on any atom is 0.472 e. The van der Waals surface area contributed by atoms with Crippen LogP contribution in [-0.4, -0.2) is 49.3 Å². The van der Waals surface area contributed by atoms with Crippen molar-refractivity contribution in [3.63, 3.8) is 0 Å². The summed E-state index contributed by atoms with van der Waals surface area (Å²) < 4.78 is 33.0. The molecule has 0 aromatic carbocycles. The third-order valence-electron chi connectivity index (χ3n) is 12.8. The lowest BCUT2D eigenvalue weighted by Gasteiger charge is -2.19. The van der Waals surface area contributed by atoms with Crippen molar-refractivity contribution in [2.24, 2.45) is 5.73 Å². The first kappa shape index (κ1) is 70.2. The first-order chi connectivity index (χ1) is 35.8. The van der Waals surface area contributed by atoms with Gasteiger partial charge in [0.25, 0.3) is 0 Å². The topological polar surface area (TPSA) is 134 Å². The lowest BCUT2D eigenvalue weighted by molar-refractivity contribution is -0.161. The van der Waals surface area contributed by atoms with E-state index in [4.69, 9.17) is 24.3 Å². The summed E-state index contributed by atoms with van der Waals surface area (Å²) in [6, 6.07) is 0. The molecule has 0 spiro atoms. The van der Waals surface area contributed by atoms with Gasteiger partial charge in [-0.25, -0.2) is 4.57 Å². The molecule has 0 aliphatic carbocycles. The number of carbonyl (C=O) groups excluding carboxylic acids is 2. The van der Waals surface area contributed by atoms with Crippen LogP contribution in [0.15, 0.2) is 85.1 Å². The zero-order valence-electron chi connectivity index (χ0n) is 47.1. The first-order valence-electron chi connectivity index (χ1n) is 30.1. The quantitative estimate of drug-likeness (QED) is 0.0264. The summed E-state index contributed by atoms with van der Waals surface area (Å²) in [7, 11) is -4.40. The molecule has 0 aliphatic heterocycles. The third-order valence-corrected chi connectivity index (χ3v) is 13.7. The fourth-order valence-corrected chi connectivity index (χ4v) is 9.11. The Morgan fingerprint density at radius 3 is 1.14 bits per heavy atom. The molecule has 0 aromatic rings. The van der Waals surface area contributed by atoms with Crippen molar-refractivity contribution in [2.75, 3.05) is 26.4 Å². The first-order valence-corrected chi connectivity index (χ1v) is 31.6. The van der Waals surface area contributed by atoms with Gasteiger partial charge in [-0.05, 0) is 89.9 Å². The van der Waals surface area contributed by atoms with Crippen LogP contribution in [0.1, 0.15) is 271 Å². The third kappa shape index (κ3) is 58.3. The fourth-order valence-electron chi connectivity index (χ4n) is 8.34. The Balaban J connectivity index is 3.98. The molecule has 2 atom stereocenters. The van der Waals surface area contributed by atoms with Gasteiger partial charge in [0.05, 0.1) is 13.2 Å². The second kappa shape index (κ2) is 58.5. The van der Waals surface area contributed by atoms with Crippen LogP contribution in [0.25, 0.3) is 0 Å². The summed E-state index contributed by atoms with van der Waals surface area (Å²) in [4.78, 5) is 35.2. The predicted molar refractivity (Wildman–Crippen MR) is 312 cm³/mol. The Morgan fingerprint density at radius 2 is 0.753 bits per heavy atom. The number of esters is 2. The van der Waals surface area contributed by atoms with Gasteiger partial charge < -0.3 is 20.1 Å². The minimum Gasteiger partial charge on any atom is -0.462 e. The summed E-state index contributed by atoms with van der Waals surface area (Å²) in [6.45, 7) is 3.62. The Labute approximate surface area is 449 Å². The molecule has 0 saturated heterocycles. The highest BCUT2D eigenvalue weighted by molar-refractivity contribution is 7.47. The SMILES string of the molecule is CC/C=C\C/C=C\C/C=C\C/C=C\C/C=C\C/C=C\CCCCCCC(=O)OC(COC(=O)CCCCCCCCCCCCCCCCCCC/C=C\CCCCCCCCCC)COP(=O)(O)OCCN. The highest BCUT2D eigenvalue weighted by Gasteiger charge is 2.26. The number of rotatable bonds is 56. The van der Waals surface area contributed by atoms with E-state index in [0.29, 0.717) is 6.42 Å². The van der Waals surface area contributed by atoms with Crippen molar-refractivity contribution < 1.29 is 37.6 Å². The molecule has 2 unspecified atom stereocenters. The Hall–Kier alpha value is -2.81. The molecule has 0 heterocycles. The summed E-state index contributed by atoms with van der Waals surface area (Å²) in [6.07, 6.45) is 76.5. The predicted octanol–water partition coefficient (Wildman–Crippen LogP) is 19.1. The van der Waals surface area contributed by atoms with Gasteiger partial charge in [0.1, 0.15) is 6.61 Å². The van der Waals surface area contributed by atoms with E-state index in [9.17, 15) is 19.0 Å². The van der Waals surface area contributed by atoms with Gasteiger partial charge in [0, 0.05) is 19.4 Å². The monoisotopic (exact) mass is 1040 g/mol. The summed E-state index contributed by atoms with van der Waals surface area (Å²) >= 11 is 0. The number of carbonyl (C=O) groups is 2. The van der Waals surface area contributed by atoms with Crippen LogP contribution in [0.4, 0.5) is 0 Å². The molecule has 3 N–H and O–H groups in total. The zero-order chi connectivity index (χ0) is 53.1. The minimum absolute atomic E-state index is 0.0456. The number of unbranched alkanes of at least 4 members (excludes halogenated alkanes) is 29. The van der Waals surface area contributed by atoms with Crippen molar-refractivity contribution in [2.45, 2.75) is 277 Å². The van der Waals surface area contributed by atoms with E-state index in [2.05, 4.69) is 98.9 Å². The fraction of sp³-hybridized carbons (Fsp3) is 0.746. The van der Waals surface area contributed by atoms with Crippen LogP contribution in [0.3, 0.4) is 0 Å². The molecule has 0 bridgehead atoms. The lowest BCUT2D eigenvalue weighted by atomic mass is 10.0. The second-order valence-electron chi connectivity index (χ2n) is 19.8. The molecule has 0 saturated carbocycles. The van der Waals surface area contributed by atoms with E-state index in [-0.39, 0.29) is 38.6 Å². The average Bonchev–Trinajstić information content (AvgIpc) is 3.38. The number of ether oxygens (including phenoxy) is 2. The standard InChI is InChI=1S/C63H112NO8P/c1-3-5-7-9-11-13-15-17-19-21-23-25-27-28-29-30-31-32-34-35-37-39-41-43-45-47-49-51-53-55-62(65)69-59-61(60-71-73(67,68)70-58-57-64)72-63(66)56-54-52-50-48-46-44-42-40-38-36-33-26-24-22-20-18-16-14-12-10-8-6-4-2/h6,8,12,14,18,20-21,23-24,26,36,38,42,44,61H,3-5,7,9-11,13,15-17,19,22,25,27-35,37,39-41,43,45-60,64H2,1-2H3,(H,67,68)/b8-6-,14-12-,20-18-,23-21-,26-24-,38-36-,44-42-. The molecule has 0 amide bonds. The average molecular weight is 1040 g/mol. The van der Waals surface area contributed by atoms with Gasteiger partial charge >= 0.3 is 19.8 Å². The van der Waals surface area contributed by atoms with Gasteiger partial charge in [0.2, 0.25) is 0 Å². The Bertz CT molecular complexity index is 1470. The highest BCUT2D eigenvalue weighted by Crippen LogP contribution is 2.43. The van der Waals surface area contributed by atoms with Crippen molar-refractivity contribution >= 4 is 19.8 Å². The molecule has 0 aliphatic rings. The molecule has 10 heteroatoms. The van der Waals surface area contributed by atoms with E-state index in [1.807, 2.05) is 0 Å². The molecule has 0 fully saturated rings. The van der Waals surface area contributed by atoms with Crippen LogP contribution in [-0.2, 0) is 32.7 Å². The van der Waals surface area contributed by atoms with Crippen LogP contribution >= 0.6 is 7.82 Å². The largest absolute Gasteiger partial charge is 0.472 e. The zero-order valence-corrected chi connectivity index (χ0v) is 48.0. The van der Waals surface area contributed by atoms with E-state index in [1.165, 1.54) is 154 Å². The Morgan fingerprint density at radius 1 is 0.425 bits per heavy atom. The molecular weight excluding hydrogens is 930 g/mol. The molecule has 422 valence electrons. The van der Waals surface area contributed by atoms with Crippen LogP contribution in [0.5, 0.6) is 0 Å². The van der Waals surface area contributed by atoms with Gasteiger partial charge in [-0.3, -0.25) is 18.6 Å². The molecule has 0 radical (unpaired) electrons. The van der Waals surface area contributed by atoms with Crippen molar-refractivity contribution in [3.8, 4) is 0 Å². The van der Waals surface area contributed by atoms with Gasteiger partial charge in [0.15, 0.2) is 6.10 Å². The minimum atomic E-state index is -4.40. The number of phosphoric ester groups is 1. The van der Waals surface area contributed by atoms with Crippen molar-refractivity contribution in [1.29, 1.82) is 0 Å². The number of hydrogen-bond acceptors (Lipinski definition) is 8. The molecule has 73 heavy (non-hydrogen) atoms. The molecular formula is C63H112NO8P. The lowest BCUT2D eigenvalue weighted by Crippen LogP contribution is -2.29. The van der Waals surface area contributed by atoms with Crippen LogP contribution in [0, 0.1) is 0 Å². The summed E-state index contributed by atoms with van der Waals surface area (Å²) in [5.74, 6) is -0.853. The van der Waals surface area contributed by atoms with Crippen molar-refractivity contribution in [1.82, 2.24) is 0 Å². The van der Waals surface area contributed by atoms with Gasteiger partial charge in [-0.15, -0.1) is 0 Å². The number of allylic oxidation sites excluding steroid dienone is 14. The maximum absolute atomic E-state index is 12.7. The maximum atomic E-state index is 12.7. The molecule has 0 aromatic heterocycles. The normalized spacial score (nSPS) is 13.6. The van der Waals surface area contributed by atoms with E-state index >= 15 is 0 Å².